The Labute approximate surface area is 159 Å². The van der Waals surface area contributed by atoms with Crippen molar-refractivity contribution in [1.29, 1.82) is 0 Å². The third-order valence-electron chi connectivity index (χ3n) is 3.99. The number of nitrogens with one attached hydrogen (secondary N) is 2. The fraction of sp³-hybridized carbons (Fsp3) is 0.800. The molecule has 0 saturated carbocycles. The number of hydrazone groups is 2. The highest BCUT2D eigenvalue weighted by atomic mass is 16.2. The number of carbonyl (C=O) groups is 2. The third-order valence-corrected chi connectivity index (χ3v) is 3.99. The van der Waals surface area contributed by atoms with Gasteiger partial charge in [-0.1, -0.05) is 52.4 Å². The average Bonchev–Trinajstić information content (AvgIpc) is 2.64. The highest BCUT2D eigenvalue weighted by molar-refractivity contribution is 5.77. The van der Waals surface area contributed by atoms with Crippen molar-refractivity contribution < 1.29 is 9.59 Å². The molecule has 0 fully saturated rings. The van der Waals surface area contributed by atoms with Crippen LogP contribution in [0.5, 0.6) is 0 Å². The van der Waals surface area contributed by atoms with Gasteiger partial charge in [-0.05, 0) is 38.5 Å². The number of rotatable bonds is 17. The lowest BCUT2D eigenvalue weighted by Crippen LogP contribution is -2.18. The first-order chi connectivity index (χ1) is 12.7. The van der Waals surface area contributed by atoms with Crippen LogP contribution in [-0.2, 0) is 9.59 Å². The summed E-state index contributed by atoms with van der Waals surface area (Å²) in [6, 6.07) is 0. The van der Waals surface area contributed by atoms with Crippen LogP contribution >= 0.6 is 0 Å². The van der Waals surface area contributed by atoms with Gasteiger partial charge in [0.1, 0.15) is 0 Å². The summed E-state index contributed by atoms with van der Waals surface area (Å²) >= 11 is 0. The van der Waals surface area contributed by atoms with Gasteiger partial charge in [0.25, 0.3) is 0 Å². The van der Waals surface area contributed by atoms with Crippen molar-refractivity contribution in [1.82, 2.24) is 10.9 Å². The number of hydrogen-bond acceptors (Lipinski definition) is 4. The van der Waals surface area contributed by atoms with Gasteiger partial charge < -0.3 is 0 Å². The molecule has 2 amide bonds. The fourth-order valence-corrected chi connectivity index (χ4v) is 2.37. The second kappa shape index (κ2) is 19.6. The van der Waals surface area contributed by atoms with Crippen LogP contribution < -0.4 is 10.9 Å². The van der Waals surface area contributed by atoms with Crippen molar-refractivity contribution in [2.24, 2.45) is 10.2 Å². The molecule has 0 unspecified atom stereocenters. The smallest absolute Gasteiger partial charge is 0.240 e. The third kappa shape index (κ3) is 18.6. The van der Waals surface area contributed by atoms with E-state index in [1.165, 1.54) is 38.5 Å². The number of nitrogens with zero attached hydrogens (tertiary/aromatic N) is 2. The highest BCUT2D eigenvalue weighted by Gasteiger charge is 2.02. The first-order valence-corrected chi connectivity index (χ1v) is 10.3. The number of carbonyl (C=O) groups excluding carboxylic acids is 2. The minimum atomic E-state index is -0.0969. The summed E-state index contributed by atoms with van der Waals surface area (Å²) in [5.74, 6) is -0.194. The van der Waals surface area contributed by atoms with Gasteiger partial charge in [-0.25, -0.2) is 10.9 Å². The van der Waals surface area contributed by atoms with Gasteiger partial charge in [0, 0.05) is 25.3 Å². The van der Waals surface area contributed by atoms with Crippen LogP contribution in [-0.4, -0.2) is 24.2 Å². The summed E-state index contributed by atoms with van der Waals surface area (Å²) in [5, 5.41) is 7.87. The van der Waals surface area contributed by atoms with Gasteiger partial charge in [0.05, 0.1) is 0 Å². The molecular formula is C20H38N4O2. The fourth-order valence-electron chi connectivity index (χ4n) is 2.37. The van der Waals surface area contributed by atoms with Gasteiger partial charge in [-0.2, -0.15) is 10.2 Å². The summed E-state index contributed by atoms with van der Waals surface area (Å²) in [6.45, 7) is 4.36. The maximum absolute atomic E-state index is 11.6. The normalized spacial score (nSPS) is 11.3. The molecular weight excluding hydrogens is 328 g/mol. The Kier molecular flexibility index (Phi) is 18.3. The van der Waals surface area contributed by atoms with E-state index in [-0.39, 0.29) is 11.8 Å². The molecule has 0 radical (unpaired) electrons. The van der Waals surface area contributed by atoms with Crippen molar-refractivity contribution >= 4 is 24.2 Å². The monoisotopic (exact) mass is 366 g/mol. The molecule has 0 aliphatic heterocycles. The van der Waals surface area contributed by atoms with Crippen molar-refractivity contribution in [3.63, 3.8) is 0 Å². The number of hydrogen-bond donors (Lipinski definition) is 2. The Morgan fingerprint density at radius 1 is 0.654 bits per heavy atom. The van der Waals surface area contributed by atoms with Crippen molar-refractivity contribution in [3.8, 4) is 0 Å². The number of amides is 2. The van der Waals surface area contributed by atoms with Gasteiger partial charge in [-0.3, -0.25) is 9.59 Å². The molecule has 0 aliphatic carbocycles. The standard InChI is InChI=1S/C20H38N4O2/c1-3-5-7-9-13-17-21-23-19(25)15-11-12-16-20(26)24-22-18-14-10-8-6-4-2/h17-18H,3-16H2,1-2H3,(H,23,25)(H,24,26)/b21-17+,22-18+. The summed E-state index contributed by atoms with van der Waals surface area (Å²) in [6.07, 6.45) is 17.0. The summed E-state index contributed by atoms with van der Waals surface area (Å²) in [5.41, 5.74) is 5.06. The van der Waals surface area contributed by atoms with Crippen LogP contribution in [0.3, 0.4) is 0 Å². The number of unbranched alkanes of at least 4 members (excludes halogenated alkanes) is 9. The zero-order chi connectivity index (χ0) is 19.3. The van der Waals surface area contributed by atoms with E-state index in [0.29, 0.717) is 25.7 Å². The van der Waals surface area contributed by atoms with Crippen molar-refractivity contribution in [2.75, 3.05) is 0 Å². The Bertz CT molecular complexity index is 371. The molecule has 0 heterocycles. The van der Waals surface area contributed by atoms with Crippen molar-refractivity contribution in [3.05, 3.63) is 0 Å². The maximum Gasteiger partial charge on any atom is 0.240 e. The molecule has 0 spiro atoms. The minimum Gasteiger partial charge on any atom is -0.273 e. The lowest BCUT2D eigenvalue weighted by molar-refractivity contribution is -0.123. The first-order valence-electron chi connectivity index (χ1n) is 10.3. The summed E-state index contributed by atoms with van der Waals surface area (Å²) < 4.78 is 0. The highest BCUT2D eigenvalue weighted by Crippen LogP contribution is 2.02. The molecule has 0 saturated heterocycles. The molecule has 6 nitrogen and oxygen atoms in total. The second-order valence-electron chi connectivity index (χ2n) is 6.60. The zero-order valence-electron chi connectivity index (χ0n) is 16.8. The first kappa shape index (κ1) is 24.3. The zero-order valence-corrected chi connectivity index (χ0v) is 16.8. The molecule has 6 heteroatoms. The average molecular weight is 367 g/mol. The van der Waals surface area contributed by atoms with Crippen molar-refractivity contribution in [2.45, 2.75) is 104 Å². The molecule has 0 bridgehead atoms. The van der Waals surface area contributed by atoms with E-state index >= 15 is 0 Å². The van der Waals surface area contributed by atoms with E-state index in [0.717, 1.165) is 25.7 Å². The predicted molar refractivity (Wildman–Crippen MR) is 109 cm³/mol. The largest absolute Gasteiger partial charge is 0.273 e. The van der Waals surface area contributed by atoms with E-state index in [2.05, 4.69) is 34.9 Å². The molecule has 0 atom stereocenters. The second-order valence-corrected chi connectivity index (χ2v) is 6.60. The topological polar surface area (TPSA) is 82.9 Å². The minimum absolute atomic E-state index is 0.0969. The Balaban J connectivity index is 3.48. The molecule has 0 aromatic heterocycles. The van der Waals surface area contributed by atoms with E-state index in [1.54, 1.807) is 12.4 Å². The predicted octanol–water partition coefficient (Wildman–Crippen LogP) is 4.69. The van der Waals surface area contributed by atoms with E-state index < -0.39 is 0 Å². The quantitative estimate of drug-likeness (QED) is 0.222. The van der Waals surface area contributed by atoms with Crippen LogP contribution in [0.15, 0.2) is 10.2 Å². The van der Waals surface area contributed by atoms with Gasteiger partial charge >= 0.3 is 0 Å². The molecule has 0 aromatic carbocycles. The molecule has 150 valence electrons. The van der Waals surface area contributed by atoms with Gasteiger partial charge in [0.2, 0.25) is 11.8 Å². The Hall–Kier alpha value is -1.72. The van der Waals surface area contributed by atoms with E-state index in [1.807, 2.05) is 0 Å². The molecule has 0 aromatic rings. The van der Waals surface area contributed by atoms with Crippen LogP contribution in [0.4, 0.5) is 0 Å². The Morgan fingerprint density at radius 2 is 1.08 bits per heavy atom. The van der Waals surface area contributed by atoms with Crippen LogP contribution in [0.1, 0.15) is 104 Å². The summed E-state index contributed by atoms with van der Waals surface area (Å²) in [7, 11) is 0. The van der Waals surface area contributed by atoms with Crippen LogP contribution in [0.25, 0.3) is 0 Å². The lowest BCUT2D eigenvalue weighted by atomic mass is 10.2. The molecule has 0 rings (SSSR count). The van der Waals surface area contributed by atoms with Gasteiger partial charge in [-0.15, -0.1) is 0 Å². The lowest BCUT2D eigenvalue weighted by Gasteiger charge is -2.01. The van der Waals surface area contributed by atoms with Gasteiger partial charge in [0.15, 0.2) is 0 Å². The van der Waals surface area contributed by atoms with Crippen LogP contribution in [0.2, 0.25) is 0 Å². The maximum atomic E-state index is 11.6. The SMILES string of the molecule is CCCCCC/C=N/NC(=O)CCCCC(=O)N/N=C/CCCCCC. The summed E-state index contributed by atoms with van der Waals surface area (Å²) in [4.78, 5) is 23.2. The Morgan fingerprint density at radius 3 is 1.46 bits per heavy atom. The van der Waals surface area contributed by atoms with Crippen LogP contribution in [0, 0.1) is 0 Å². The molecule has 0 aliphatic rings. The van der Waals surface area contributed by atoms with E-state index in [4.69, 9.17) is 0 Å². The molecule has 2 N–H and O–H groups in total. The van der Waals surface area contributed by atoms with E-state index in [9.17, 15) is 9.59 Å². The molecule has 26 heavy (non-hydrogen) atoms.